The van der Waals surface area contributed by atoms with E-state index < -0.39 is 0 Å². The first-order valence-electron chi connectivity index (χ1n) is 4.68. The van der Waals surface area contributed by atoms with Crippen molar-refractivity contribution in [2.75, 3.05) is 0 Å². The molecule has 1 heteroatoms. The first kappa shape index (κ1) is 11.4. The number of hydrogen-bond donors (Lipinski definition) is 1. The van der Waals surface area contributed by atoms with Gasteiger partial charge in [-0.05, 0) is 38.2 Å². The molecule has 0 aromatic carbocycles. The molecule has 0 bridgehead atoms. The van der Waals surface area contributed by atoms with Crippen LogP contribution in [0.25, 0.3) is 0 Å². The summed E-state index contributed by atoms with van der Waals surface area (Å²) in [5.41, 5.74) is 1.10. The maximum Gasteiger partial charge on any atom is 0.0747 e. The fourth-order valence-electron chi connectivity index (χ4n) is 1.14. The van der Waals surface area contributed by atoms with Crippen LogP contribution >= 0.6 is 0 Å². The largest absolute Gasteiger partial charge is 0.389 e. The highest BCUT2D eigenvalue weighted by molar-refractivity contribution is 5.03. The minimum atomic E-state index is -0.245. The van der Waals surface area contributed by atoms with E-state index in [2.05, 4.69) is 19.6 Å². The maximum atomic E-state index is 9.57. The molecular weight excluding hydrogens is 148 g/mol. The molecule has 1 nitrogen and oxygen atoms in total. The van der Waals surface area contributed by atoms with Gasteiger partial charge in [0.25, 0.3) is 0 Å². The number of allylic oxidation sites excluding steroid dienone is 2. The average molecular weight is 168 g/mol. The Morgan fingerprint density at radius 2 is 2.25 bits per heavy atom. The lowest BCUT2D eigenvalue weighted by Crippen LogP contribution is -2.07. The van der Waals surface area contributed by atoms with Crippen LogP contribution in [0.5, 0.6) is 0 Å². The van der Waals surface area contributed by atoms with Crippen LogP contribution < -0.4 is 0 Å². The Labute approximate surface area is 75.8 Å². The topological polar surface area (TPSA) is 20.2 Å². The molecule has 0 aliphatic rings. The molecule has 0 saturated carbocycles. The SMILES string of the molecule is C=CCCCC(O)C(C)=CCC. The Morgan fingerprint density at radius 1 is 1.58 bits per heavy atom. The highest BCUT2D eigenvalue weighted by atomic mass is 16.3. The van der Waals surface area contributed by atoms with Crippen LogP contribution in [-0.4, -0.2) is 11.2 Å². The molecule has 0 heterocycles. The standard InChI is InChI=1S/C11H20O/c1-4-6-7-9-11(12)10(3)8-5-2/h4,8,11-12H,1,5-7,9H2,2-3H3. The molecule has 70 valence electrons. The van der Waals surface area contributed by atoms with E-state index in [9.17, 15) is 5.11 Å². The van der Waals surface area contributed by atoms with Crippen LogP contribution in [0.15, 0.2) is 24.3 Å². The highest BCUT2D eigenvalue weighted by Gasteiger charge is 2.03. The van der Waals surface area contributed by atoms with E-state index >= 15 is 0 Å². The Bertz CT molecular complexity index is 147. The van der Waals surface area contributed by atoms with Crippen molar-refractivity contribution in [2.24, 2.45) is 0 Å². The second-order valence-corrected chi connectivity index (χ2v) is 3.09. The van der Waals surface area contributed by atoms with Gasteiger partial charge < -0.3 is 5.11 Å². The summed E-state index contributed by atoms with van der Waals surface area (Å²) in [4.78, 5) is 0. The number of unbranched alkanes of at least 4 members (excludes halogenated alkanes) is 1. The summed E-state index contributed by atoms with van der Waals surface area (Å²) in [6.07, 6.45) is 7.61. The Hall–Kier alpha value is -0.560. The molecule has 12 heavy (non-hydrogen) atoms. The number of aliphatic hydroxyl groups excluding tert-OH is 1. The minimum Gasteiger partial charge on any atom is -0.389 e. The fraction of sp³-hybridized carbons (Fsp3) is 0.636. The summed E-state index contributed by atoms with van der Waals surface area (Å²) in [6.45, 7) is 7.71. The van der Waals surface area contributed by atoms with Gasteiger partial charge in [-0.1, -0.05) is 19.1 Å². The molecule has 0 aliphatic carbocycles. The summed E-state index contributed by atoms with van der Waals surface area (Å²) < 4.78 is 0. The third-order valence-electron chi connectivity index (χ3n) is 1.94. The molecule has 1 atom stereocenters. The molecule has 0 aromatic heterocycles. The quantitative estimate of drug-likeness (QED) is 0.477. The highest BCUT2D eigenvalue weighted by Crippen LogP contribution is 2.10. The molecule has 0 fully saturated rings. The zero-order valence-corrected chi connectivity index (χ0v) is 8.21. The molecule has 0 spiro atoms. The van der Waals surface area contributed by atoms with Crippen LogP contribution in [0.3, 0.4) is 0 Å². The summed E-state index contributed by atoms with van der Waals surface area (Å²) in [7, 11) is 0. The molecule has 0 amide bonds. The molecule has 0 rings (SSSR count). The molecule has 0 aliphatic heterocycles. The van der Waals surface area contributed by atoms with Crippen LogP contribution in [0.4, 0.5) is 0 Å². The average Bonchev–Trinajstić information content (AvgIpc) is 2.05. The first-order valence-corrected chi connectivity index (χ1v) is 4.68. The lowest BCUT2D eigenvalue weighted by atomic mass is 10.0. The van der Waals surface area contributed by atoms with Crippen molar-refractivity contribution in [3.05, 3.63) is 24.3 Å². The summed E-state index contributed by atoms with van der Waals surface area (Å²) in [5, 5.41) is 9.57. The van der Waals surface area contributed by atoms with Crippen LogP contribution in [-0.2, 0) is 0 Å². The first-order chi connectivity index (χ1) is 5.72. The summed E-state index contributed by atoms with van der Waals surface area (Å²) >= 11 is 0. The monoisotopic (exact) mass is 168 g/mol. The number of aliphatic hydroxyl groups is 1. The van der Waals surface area contributed by atoms with Crippen molar-refractivity contribution >= 4 is 0 Å². The second kappa shape index (κ2) is 7.11. The summed E-state index contributed by atoms with van der Waals surface area (Å²) in [5.74, 6) is 0. The van der Waals surface area contributed by atoms with Gasteiger partial charge in [-0.2, -0.15) is 0 Å². The molecular formula is C11H20O. The Balaban J connectivity index is 3.63. The molecule has 1 unspecified atom stereocenters. The zero-order valence-electron chi connectivity index (χ0n) is 8.21. The van der Waals surface area contributed by atoms with Gasteiger partial charge in [0.15, 0.2) is 0 Å². The van der Waals surface area contributed by atoms with Crippen molar-refractivity contribution in [2.45, 2.75) is 45.6 Å². The molecule has 0 saturated heterocycles. The van der Waals surface area contributed by atoms with Crippen molar-refractivity contribution < 1.29 is 5.11 Å². The van der Waals surface area contributed by atoms with Crippen molar-refractivity contribution in [1.29, 1.82) is 0 Å². The van der Waals surface area contributed by atoms with E-state index in [-0.39, 0.29) is 6.10 Å². The van der Waals surface area contributed by atoms with Crippen LogP contribution in [0.1, 0.15) is 39.5 Å². The number of hydrogen-bond acceptors (Lipinski definition) is 1. The van der Waals surface area contributed by atoms with E-state index in [1.165, 1.54) is 0 Å². The van der Waals surface area contributed by atoms with Gasteiger partial charge in [0.05, 0.1) is 6.10 Å². The predicted molar refractivity (Wildman–Crippen MR) is 54.1 cm³/mol. The number of rotatable bonds is 6. The van der Waals surface area contributed by atoms with Gasteiger partial charge in [0.1, 0.15) is 0 Å². The van der Waals surface area contributed by atoms with Crippen LogP contribution in [0, 0.1) is 0 Å². The molecule has 1 N–H and O–H groups in total. The van der Waals surface area contributed by atoms with Crippen molar-refractivity contribution in [1.82, 2.24) is 0 Å². The lowest BCUT2D eigenvalue weighted by molar-refractivity contribution is 0.197. The fourth-order valence-corrected chi connectivity index (χ4v) is 1.14. The lowest BCUT2D eigenvalue weighted by Gasteiger charge is -2.09. The predicted octanol–water partition coefficient (Wildman–Crippen LogP) is 3.06. The van der Waals surface area contributed by atoms with Crippen molar-refractivity contribution in [3.8, 4) is 0 Å². The molecule has 0 aromatic rings. The zero-order chi connectivity index (χ0) is 9.40. The van der Waals surface area contributed by atoms with E-state index in [1.807, 2.05) is 13.0 Å². The van der Waals surface area contributed by atoms with Gasteiger partial charge in [-0.15, -0.1) is 6.58 Å². The van der Waals surface area contributed by atoms with Gasteiger partial charge in [-0.25, -0.2) is 0 Å². The van der Waals surface area contributed by atoms with E-state index in [0.717, 1.165) is 31.3 Å². The van der Waals surface area contributed by atoms with Crippen molar-refractivity contribution in [3.63, 3.8) is 0 Å². The van der Waals surface area contributed by atoms with Crippen LogP contribution in [0.2, 0.25) is 0 Å². The Kier molecular flexibility index (Phi) is 6.78. The van der Waals surface area contributed by atoms with E-state index in [0.29, 0.717) is 0 Å². The second-order valence-electron chi connectivity index (χ2n) is 3.09. The van der Waals surface area contributed by atoms with E-state index in [4.69, 9.17) is 0 Å². The third kappa shape index (κ3) is 5.14. The van der Waals surface area contributed by atoms with Gasteiger partial charge in [0.2, 0.25) is 0 Å². The Morgan fingerprint density at radius 3 is 2.75 bits per heavy atom. The minimum absolute atomic E-state index is 0.245. The van der Waals surface area contributed by atoms with Gasteiger partial charge >= 0.3 is 0 Å². The normalized spacial score (nSPS) is 14.4. The third-order valence-corrected chi connectivity index (χ3v) is 1.94. The smallest absolute Gasteiger partial charge is 0.0747 e. The van der Waals surface area contributed by atoms with E-state index in [1.54, 1.807) is 0 Å². The maximum absolute atomic E-state index is 9.57. The molecule has 0 radical (unpaired) electrons. The van der Waals surface area contributed by atoms with Gasteiger partial charge in [-0.3, -0.25) is 0 Å². The summed E-state index contributed by atoms with van der Waals surface area (Å²) in [6, 6.07) is 0. The van der Waals surface area contributed by atoms with Gasteiger partial charge in [0, 0.05) is 0 Å².